The predicted octanol–water partition coefficient (Wildman–Crippen LogP) is 4.25. The smallest absolute Gasteiger partial charge is 0.202 e. The third kappa shape index (κ3) is 2.18. The molecule has 1 heterocycles. The maximum absolute atomic E-state index is 12.1. The minimum absolute atomic E-state index is 0.0675. The zero-order valence-electron chi connectivity index (χ0n) is 9.08. The van der Waals surface area contributed by atoms with Crippen LogP contribution in [-0.4, -0.2) is 5.78 Å². The van der Waals surface area contributed by atoms with Gasteiger partial charge < -0.3 is 0 Å². The third-order valence-corrected chi connectivity index (χ3v) is 3.90. The molecule has 0 aliphatic rings. The van der Waals surface area contributed by atoms with E-state index in [9.17, 15) is 4.79 Å². The number of aryl methyl sites for hydroxylation is 2. The number of hydrogen-bond donors (Lipinski definition) is 0. The number of carbonyl (C=O) groups is 1. The molecule has 0 saturated carbocycles. The number of thiophene rings is 1. The molecule has 0 fully saturated rings. The molecule has 0 aliphatic carbocycles. The first-order valence-corrected chi connectivity index (χ1v) is 6.14. The van der Waals surface area contributed by atoms with Crippen LogP contribution < -0.4 is 0 Å². The van der Waals surface area contributed by atoms with E-state index in [4.69, 9.17) is 11.6 Å². The molecule has 0 spiro atoms. The topological polar surface area (TPSA) is 17.1 Å². The van der Waals surface area contributed by atoms with Crippen molar-refractivity contribution in [3.05, 3.63) is 56.2 Å². The van der Waals surface area contributed by atoms with E-state index in [1.54, 1.807) is 24.3 Å². The maximum atomic E-state index is 12.1. The molecule has 0 atom stereocenters. The third-order valence-electron chi connectivity index (χ3n) is 2.50. The Morgan fingerprint density at radius 1 is 1.19 bits per heavy atom. The van der Waals surface area contributed by atoms with Crippen molar-refractivity contribution in [2.24, 2.45) is 0 Å². The molecule has 2 aromatic rings. The minimum Gasteiger partial charge on any atom is -0.288 e. The van der Waals surface area contributed by atoms with Gasteiger partial charge in [-0.05, 0) is 49.7 Å². The molecule has 0 bridgehead atoms. The Labute approximate surface area is 104 Å². The van der Waals surface area contributed by atoms with Gasteiger partial charge in [-0.1, -0.05) is 11.6 Å². The number of halogens is 1. The zero-order chi connectivity index (χ0) is 11.7. The van der Waals surface area contributed by atoms with Crippen LogP contribution in [0.2, 0.25) is 5.02 Å². The molecule has 0 saturated heterocycles. The highest BCUT2D eigenvalue weighted by Gasteiger charge is 2.12. The lowest BCUT2D eigenvalue weighted by Crippen LogP contribution is -1.97. The Bertz CT molecular complexity index is 506. The van der Waals surface area contributed by atoms with Crippen LogP contribution in [-0.2, 0) is 0 Å². The number of carbonyl (C=O) groups excluding carboxylic acids is 1. The summed E-state index contributed by atoms with van der Waals surface area (Å²) in [5, 5.41) is 0.648. The van der Waals surface area contributed by atoms with Crippen molar-refractivity contribution < 1.29 is 4.79 Å². The van der Waals surface area contributed by atoms with E-state index in [1.807, 2.05) is 19.9 Å². The molecular weight excluding hydrogens is 240 g/mol. The first-order valence-electron chi connectivity index (χ1n) is 4.95. The van der Waals surface area contributed by atoms with Crippen LogP contribution in [0.5, 0.6) is 0 Å². The molecular formula is C13H11ClOS. The maximum Gasteiger partial charge on any atom is 0.202 e. The van der Waals surface area contributed by atoms with E-state index in [1.165, 1.54) is 21.8 Å². The van der Waals surface area contributed by atoms with Gasteiger partial charge in [0.1, 0.15) is 0 Å². The Kier molecular flexibility index (Phi) is 3.13. The highest BCUT2D eigenvalue weighted by molar-refractivity contribution is 7.14. The van der Waals surface area contributed by atoms with E-state index in [-0.39, 0.29) is 5.78 Å². The van der Waals surface area contributed by atoms with Gasteiger partial charge in [-0.25, -0.2) is 0 Å². The van der Waals surface area contributed by atoms with Crippen LogP contribution >= 0.6 is 22.9 Å². The van der Waals surface area contributed by atoms with Gasteiger partial charge in [-0.15, -0.1) is 11.3 Å². The van der Waals surface area contributed by atoms with Crippen LogP contribution in [0, 0.1) is 13.8 Å². The molecule has 82 valence electrons. The monoisotopic (exact) mass is 250 g/mol. The van der Waals surface area contributed by atoms with E-state index in [0.29, 0.717) is 10.6 Å². The van der Waals surface area contributed by atoms with Gasteiger partial charge in [0.05, 0.1) is 4.88 Å². The minimum atomic E-state index is 0.0675. The Morgan fingerprint density at radius 3 is 2.31 bits per heavy atom. The molecule has 0 aliphatic heterocycles. The molecule has 0 radical (unpaired) electrons. The van der Waals surface area contributed by atoms with Gasteiger partial charge in [-0.2, -0.15) is 0 Å². The van der Waals surface area contributed by atoms with Crippen molar-refractivity contribution in [1.82, 2.24) is 0 Å². The van der Waals surface area contributed by atoms with E-state index >= 15 is 0 Å². The molecule has 0 amide bonds. The fraction of sp³-hybridized carbons (Fsp3) is 0.154. The highest BCUT2D eigenvalue weighted by Crippen LogP contribution is 2.23. The summed E-state index contributed by atoms with van der Waals surface area (Å²) in [6, 6.07) is 8.94. The molecule has 1 aromatic heterocycles. The second-order valence-corrected chi connectivity index (χ2v) is 5.38. The second-order valence-electron chi connectivity index (χ2n) is 3.69. The molecule has 1 aromatic carbocycles. The van der Waals surface area contributed by atoms with Gasteiger partial charge in [0.15, 0.2) is 0 Å². The summed E-state index contributed by atoms with van der Waals surface area (Å²) in [5.41, 5.74) is 1.85. The fourth-order valence-corrected chi connectivity index (χ4v) is 2.55. The molecule has 3 heteroatoms. The van der Waals surface area contributed by atoms with E-state index in [2.05, 4.69) is 0 Å². The van der Waals surface area contributed by atoms with Gasteiger partial charge >= 0.3 is 0 Å². The lowest BCUT2D eigenvalue weighted by Gasteiger charge is -1.97. The number of rotatable bonds is 2. The first kappa shape index (κ1) is 11.4. The lowest BCUT2D eigenvalue weighted by atomic mass is 10.1. The highest BCUT2D eigenvalue weighted by atomic mass is 35.5. The largest absolute Gasteiger partial charge is 0.288 e. The summed E-state index contributed by atoms with van der Waals surface area (Å²) in [7, 11) is 0. The van der Waals surface area contributed by atoms with Crippen molar-refractivity contribution in [1.29, 1.82) is 0 Å². The van der Waals surface area contributed by atoms with E-state index < -0.39 is 0 Å². The molecule has 0 N–H and O–H groups in total. The van der Waals surface area contributed by atoms with Crippen LogP contribution in [0.1, 0.15) is 25.7 Å². The summed E-state index contributed by atoms with van der Waals surface area (Å²) in [6.07, 6.45) is 0. The number of hydrogen-bond acceptors (Lipinski definition) is 2. The summed E-state index contributed by atoms with van der Waals surface area (Å²) in [5.74, 6) is 0.0675. The average Bonchev–Trinajstić information content (AvgIpc) is 2.59. The Hall–Kier alpha value is -1.12. The summed E-state index contributed by atoms with van der Waals surface area (Å²) in [6.45, 7) is 4.04. The van der Waals surface area contributed by atoms with Gasteiger partial charge in [-0.3, -0.25) is 4.79 Å². The SMILES string of the molecule is Cc1cc(C(=O)c2ccc(Cl)cc2)sc1C. The van der Waals surface area contributed by atoms with Crippen LogP contribution in [0.3, 0.4) is 0 Å². The van der Waals surface area contributed by atoms with Gasteiger partial charge in [0.25, 0.3) is 0 Å². The summed E-state index contributed by atoms with van der Waals surface area (Å²) in [4.78, 5) is 14.1. The molecule has 16 heavy (non-hydrogen) atoms. The van der Waals surface area contributed by atoms with Crippen molar-refractivity contribution in [2.45, 2.75) is 13.8 Å². The van der Waals surface area contributed by atoms with Gasteiger partial charge in [0, 0.05) is 15.5 Å². The van der Waals surface area contributed by atoms with Crippen molar-refractivity contribution in [3.63, 3.8) is 0 Å². The van der Waals surface area contributed by atoms with Crippen LogP contribution in [0.4, 0.5) is 0 Å². The quantitative estimate of drug-likeness (QED) is 0.729. The van der Waals surface area contributed by atoms with Crippen molar-refractivity contribution in [3.8, 4) is 0 Å². The Morgan fingerprint density at radius 2 is 1.81 bits per heavy atom. The molecule has 2 rings (SSSR count). The van der Waals surface area contributed by atoms with Crippen molar-refractivity contribution >= 4 is 28.7 Å². The average molecular weight is 251 g/mol. The van der Waals surface area contributed by atoms with Crippen molar-refractivity contribution in [2.75, 3.05) is 0 Å². The summed E-state index contributed by atoms with van der Waals surface area (Å²) >= 11 is 7.32. The molecule has 0 unspecified atom stereocenters. The predicted molar refractivity (Wildman–Crippen MR) is 68.7 cm³/mol. The van der Waals surface area contributed by atoms with E-state index in [0.717, 1.165) is 4.88 Å². The normalized spacial score (nSPS) is 10.4. The Balaban J connectivity index is 2.35. The number of benzene rings is 1. The summed E-state index contributed by atoms with van der Waals surface area (Å²) < 4.78 is 0. The zero-order valence-corrected chi connectivity index (χ0v) is 10.7. The number of ketones is 1. The van der Waals surface area contributed by atoms with Crippen LogP contribution in [0.25, 0.3) is 0 Å². The standard InChI is InChI=1S/C13H11ClOS/c1-8-7-12(16-9(8)2)13(15)10-3-5-11(14)6-4-10/h3-7H,1-2H3. The van der Waals surface area contributed by atoms with Gasteiger partial charge in [0.2, 0.25) is 5.78 Å². The fourth-order valence-electron chi connectivity index (χ4n) is 1.43. The van der Waals surface area contributed by atoms with Crippen LogP contribution in [0.15, 0.2) is 30.3 Å². The second kappa shape index (κ2) is 4.40. The molecule has 1 nitrogen and oxygen atoms in total. The first-order chi connectivity index (χ1) is 7.58. The lowest BCUT2D eigenvalue weighted by molar-refractivity contribution is 0.104.